The number of hydrogen-bond acceptors (Lipinski definition) is 9. The Balaban J connectivity index is 1.80. The summed E-state index contributed by atoms with van der Waals surface area (Å²) < 4.78 is 37.0. The zero-order chi connectivity index (χ0) is 31.9. The topological polar surface area (TPSA) is 119 Å². The molecule has 0 aliphatic carbocycles. The van der Waals surface area contributed by atoms with Crippen molar-refractivity contribution in [2.75, 3.05) is 18.5 Å². The van der Waals surface area contributed by atoms with Crippen LogP contribution in [0.1, 0.15) is 95.7 Å². The lowest BCUT2D eigenvalue weighted by Gasteiger charge is -2.51. The SMILES string of the molecule is CCCO[C@@H]1[C@@H]2O[Si](C(C)C)(C(C)C)O[Si](C(C)C)(C(C)C)OC[C@H]2O[C@H]1n1cnc2c(NC(=O)C(C)(C)C)ncnc21. The molecule has 0 unspecified atom stereocenters. The second-order valence-electron chi connectivity index (χ2n) is 14.2. The van der Waals surface area contributed by atoms with Crippen molar-refractivity contribution in [2.45, 2.75) is 136 Å². The van der Waals surface area contributed by atoms with Gasteiger partial charge in [-0.05, 0) is 28.6 Å². The largest absolute Gasteiger partial charge is 0.414 e. The Kier molecular flexibility index (Phi) is 10.3. The summed E-state index contributed by atoms with van der Waals surface area (Å²) in [5, 5.41) is 2.92. The molecule has 0 aromatic carbocycles. The van der Waals surface area contributed by atoms with E-state index in [0.29, 0.717) is 30.2 Å². The summed E-state index contributed by atoms with van der Waals surface area (Å²) in [6.45, 7) is 26.3. The number of amides is 1. The van der Waals surface area contributed by atoms with E-state index in [0.717, 1.165) is 6.42 Å². The number of carbonyl (C=O) groups excluding carboxylic acids is 1. The maximum absolute atomic E-state index is 12.8. The lowest BCUT2D eigenvalue weighted by Crippen LogP contribution is -2.66. The molecule has 0 spiro atoms. The molecule has 13 heteroatoms. The molecule has 0 saturated carbocycles. The predicted octanol–water partition coefficient (Wildman–Crippen LogP) is 6.46. The standard InChI is InChI=1S/C30H53N5O6Si2/c1-13-14-37-25-24-22(15-38-42(18(2)3,19(4)5)41-43(40-24,20(6)7)21(8)9)39-28(25)35-17-33-23-26(31-16-32-27(23)35)34-29(36)30(10,11)12/h16-22,24-25,28H,13-15H2,1-12H3,(H,31,32,34,36)/t22-,24-,25-,28-/m1/s1. The second-order valence-corrected chi connectivity index (χ2v) is 23.1. The molecule has 43 heavy (non-hydrogen) atoms. The minimum absolute atomic E-state index is 0.154. The van der Waals surface area contributed by atoms with E-state index in [1.54, 1.807) is 6.33 Å². The van der Waals surface area contributed by atoms with Crippen LogP contribution < -0.4 is 5.32 Å². The quantitative estimate of drug-likeness (QED) is 0.310. The first-order chi connectivity index (χ1) is 20.1. The van der Waals surface area contributed by atoms with E-state index < -0.39 is 41.0 Å². The van der Waals surface area contributed by atoms with Crippen LogP contribution >= 0.6 is 0 Å². The molecule has 2 aliphatic heterocycles. The minimum Gasteiger partial charge on any atom is -0.414 e. The zero-order valence-corrected chi connectivity index (χ0v) is 30.1. The summed E-state index contributed by atoms with van der Waals surface area (Å²) in [6, 6.07) is 0. The second kappa shape index (κ2) is 12.9. The van der Waals surface area contributed by atoms with Crippen LogP contribution in [0.3, 0.4) is 0 Å². The first-order valence-electron chi connectivity index (χ1n) is 15.9. The number of nitrogens with zero attached hydrogens (tertiary/aromatic N) is 4. The average Bonchev–Trinajstić information content (AvgIpc) is 3.47. The molecule has 2 aliphatic rings. The van der Waals surface area contributed by atoms with Crippen molar-refractivity contribution >= 4 is 40.0 Å². The molecule has 4 rings (SSSR count). The third-order valence-electron chi connectivity index (χ3n) is 8.68. The minimum atomic E-state index is -2.88. The van der Waals surface area contributed by atoms with Gasteiger partial charge in [-0.15, -0.1) is 0 Å². The van der Waals surface area contributed by atoms with Crippen molar-refractivity contribution < 1.29 is 27.2 Å². The Hall–Kier alpha value is -1.75. The maximum atomic E-state index is 12.8. The fraction of sp³-hybridized carbons (Fsp3) is 0.800. The van der Waals surface area contributed by atoms with E-state index in [-0.39, 0.29) is 34.2 Å². The van der Waals surface area contributed by atoms with Gasteiger partial charge in [0, 0.05) is 12.0 Å². The molecule has 0 bridgehead atoms. The molecule has 2 saturated heterocycles. The van der Waals surface area contributed by atoms with Crippen LogP contribution in [0.4, 0.5) is 5.82 Å². The van der Waals surface area contributed by atoms with Crippen LogP contribution in [0.5, 0.6) is 0 Å². The van der Waals surface area contributed by atoms with E-state index in [9.17, 15) is 4.79 Å². The van der Waals surface area contributed by atoms with Crippen molar-refractivity contribution in [2.24, 2.45) is 5.41 Å². The Morgan fingerprint density at radius 1 is 1.02 bits per heavy atom. The number of fused-ring (bicyclic) bond motifs is 2. The summed E-state index contributed by atoms with van der Waals surface area (Å²) >= 11 is 0. The van der Waals surface area contributed by atoms with Gasteiger partial charge in [0.2, 0.25) is 5.91 Å². The molecule has 1 N–H and O–H groups in total. The summed E-state index contributed by atoms with van der Waals surface area (Å²) in [4.78, 5) is 26.3. The fourth-order valence-corrected chi connectivity index (χ4v) is 17.4. The van der Waals surface area contributed by atoms with Crippen LogP contribution in [-0.2, 0) is 27.2 Å². The summed E-state index contributed by atoms with van der Waals surface area (Å²) in [6.07, 6.45) is 2.17. The molecule has 2 fully saturated rings. The number of nitrogens with one attached hydrogen (secondary N) is 1. The Morgan fingerprint density at radius 2 is 1.65 bits per heavy atom. The van der Waals surface area contributed by atoms with E-state index in [1.807, 2.05) is 25.3 Å². The molecule has 4 atom stereocenters. The Morgan fingerprint density at radius 3 is 2.21 bits per heavy atom. The van der Waals surface area contributed by atoms with E-state index in [1.165, 1.54) is 6.33 Å². The number of imidazole rings is 1. The van der Waals surface area contributed by atoms with Crippen molar-refractivity contribution in [1.29, 1.82) is 0 Å². The van der Waals surface area contributed by atoms with Crippen LogP contribution in [0.15, 0.2) is 12.7 Å². The predicted molar refractivity (Wildman–Crippen MR) is 171 cm³/mol. The van der Waals surface area contributed by atoms with E-state index >= 15 is 0 Å². The first kappa shape index (κ1) is 34.1. The zero-order valence-electron chi connectivity index (χ0n) is 28.1. The fourth-order valence-electron chi connectivity index (χ4n) is 6.20. The van der Waals surface area contributed by atoms with Gasteiger partial charge in [0.05, 0.1) is 12.9 Å². The Bertz CT molecular complexity index is 1250. The highest BCUT2D eigenvalue weighted by molar-refractivity contribution is 6.84. The first-order valence-corrected chi connectivity index (χ1v) is 19.8. The number of ether oxygens (including phenoxy) is 2. The number of carbonyl (C=O) groups is 1. The number of aromatic nitrogens is 4. The van der Waals surface area contributed by atoms with Gasteiger partial charge in [0.25, 0.3) is 0 Å². The van der Waals surface area contributed by atoms with Gasteiger partial charge in [0.1, 0.15) is 24.6 Å². The number of hydrogen-bond donors (Lipinski definition) is 1. The smallest absolute Gasteiger partial charge is 0.335 e. The van der Waals surface area contributed by atoms with Crippen LogP contribution in [-0.4, -0.2) is 74.1 Å². The highest BCUT2D eigenvalue weighted by Crippen LogP contribution is 2.49. The molecule has 0 radical (unpaired) electrons. The van der Waals surface area contributed by atoms with Gasteiger partial charge in [-0.3, -0.25) is 9.36 Å². The molecular weight excluding hydrogens is 583 g/mol. The normalized spacial score (nSPS) is 25.9. The monoisotopic (exact) mass is 635 g/mol. The highest BCUT2D eigenvalue weighted by Gasteiger charge is 2.62. The molecular formula is C30H53N5O6Si2. The third-order valence-corrected chi connectivity index (χ3v) is 18.9. The third kappa shape index (κ3) is 6.36. The van der Waals surface area contributed by atoms with E-state index in [4.69, 9.17) is 22.4 Å². The van der Waals surface area contributed by atoms with Gasteiger partial charge < -0.3 is 27.8 Å². The molecule has 2 aromatic heterocycles. The molecule has 11 nitrogen and oxygen atoms in total. The molecule has 1 amide bonds. The van der Waals surface area contributed by atoms with Gasteiger partial charge in [0.15, 0.2) is 23.2 Å². The van der Waals surface area contributed by atoms with Gasteiger partial charge >= 0.3 is 17.1 Å². The van der Waals surface area contributed by atoms with Crippen molar-refractivity contribution in [1.82, 2.24) is 19.5 Å². The number of rotatable bonds is 9. The maximum Gasteiger partial charge on any atom is 0.335 e. The Labute approximate surface area is 259 Å². The highest BCUT2D eigenvalue weighted by atomic mass is 28.5. The summed E-state index contributed by atoms with van der Waals surface area (Å²) in [5.74, 6) is 0.210. The lowest BCUT2D eigenvalue weighted by atomic mass is 9.96. The van der Waals surface area contributed by atoms with Gasteiger partial charge in [-0.2, -0.15) is 0 Å². The summed E-state index contributed by atoms with van der Waals surface area (Å²) in [7, 11) is -5.61. The van der Waals surface area contributed by atoms with Gasteiger partial charge in [-0.25, -0.2) is 15.0 Å². The molecule has 2 aromatic rings. The summed E-state index contributed by atoms with van der Waals surface area (Å²) in [5.41, 5.74) is 1.27. The van der Waals surface area contributed by atoms with E-state index in [2.05, 4.69) is 82.6 Å². The molecule has 4 heterocycles. The van der Waals surface area contributed by atoms with Crippen molar-refractivity contribution in [3.8, 4) is 0 Å². The van der Waals surface area contributed by atoms with Crippen molar-refractivity contribution in [3.05, 3.63) is 12.7 Å². The number of anilines is 1. The van der Waals surface area contributed by atoms with Crippen LogP contribution in [0, 0.1) is 5.41 Å². The van der Waals surface area contributed by atoms with Crippen LogP contribution in [0.2, 0.25) is 22.2 Å². The van der Waals surface area contributed by atoms with Crippen molar-refractivity contribution in [3.63, 3.8) is 0 Å². The van der Waals surface area contributed by atoms with Crippen LogP contribution in [0.25, 0.3) is 11.2 Å². The average molecular weight is 636 g/mol. The van der Waals surface area contributed by atoms with Gasteiger partial charge in [-0.1, -0.05) is 83.1 Å². The lowest BCUT2D eigenvalue weighted by molar-refractivity contribution is -0.123. The molecule has 242 valence electrons.